The van der Waals surface area contributed by atoms with Gasteiger partial charge >= 0.3 is 0 Å². The van der Waals surface area contributed by atoms with Gasteiger partial charge in [-0.05, 0) is 49.7 Å². The summed E-state index contributed by atoms with van der Waals surface area (Å²) in [6, 6.07) is 10.6. The van der Waals surface area contributed by atoms with Gasteiger partial charge in [0.2, 0.25) is 11.8 Å². The number of benzene rings is 1. The molecule has 170 valence electrons. The van der Waals surface area contributed by atoms with Crippen LogP contribution >= 0.6 is 0 Å². The summed E-state index contributed by atoms with van der Waals surface area (Å²) in [5.74, 6) is 0.885. The molecule has 8 nitrogen and oxygen atoms in total. The Morgan fingerprint density at radius 1 is 1.18 bits per heavy atom. The third-order valence-corrected chi connectivity index (χ3v) is 5.84. The number of nitrogens with two attached hydrogens (primary N) is 1. The lowest BCUT2D eigenvalue weighted by Gasteiger charge is -2.33. The van der Waals surface area contributed by atoms with E-state index in [0.717, 1.165) is 0 Å². The summed E-state index contributed by atoms with van der Waals surface area (Å²) in [7, 11) is 1.63. The van der Waals surface area contributed by atoms with E-state index in [9.17, 15) is 4.39 Å². The van der Waals surface area contributed by atoms with Crippen molar-refractivity contribution in [3.05, 3.63) is 65.9 Å². The maximum absolute atomic E-state index is 14.4. The van der Waals surface area contributed by atoms with Crippen LogP contribution in [0.25, 0.3) is 11.1 Å². The lowest BCUT2D eigenvalue weighted by Crippen LogP contribution is -2.32. The van der Waals surface area contributed by atoms with Crippen LogP contribution in [-0.4, -0.2) is 41.9 Å². The molecule has 4 heterocycles. The first-order chi connectivity index (χ1) is 15.8. The van der Waals surface area contributed by atoms with Crippen molar-refractivity contribution in [3.8, 4) is 28.5 Å². The molecule has 0 aliphatic carbocycles. The van der Waals surface area contributed by atoms with Crippen LogP contribution in [-0.2, 0) is 15.0 Å². The molecule has 5 rings (SSSR count). The Labute approximate surface area is 190 Å². The van der Waals surface area contributed by atoms with Gasteiger partial charge in [0, 0.05) is 24.4 Å². The second-order valence-corrected chi connectivity index (χ2v) is 8.53. The molecule has 2 aliphatic heterocycles. The molecule has 3 aromatic rings. The number of nitrogens with zero attached hydrogens (tertiary/aromatic N) is 3. The molecular weight excluding hydrogens is 427 g/mol. The zero-order valence-electron chi connectivity index (χ0n) is 18.5. The number of amidine groups is 1. The fourth-order valence-electron chi connectivity index (χ4n) is 3.87. The number of rotatable bonds is 5. The van der Waals surface area contributed by atoms with Crippen LogP contribution < -0.4 is 15.2 Å². The highest BCUT2D eigenvalue weighted by atomic mass is 19.1. The van der Waals surface area contributed by atoms with Crippen molar-refractivity contribution in [1.82, 2.24) is 9.97 Å². The lowest BCUT2D eigenvalue weighted by atomic mass is 9.81. The number of halogens is 1. The highest BCUT2D eigenvalue weighted by Gasteiger charge is 2.48. The Morgan fingerprint density at radius 3 is 2.76 bits per heavy atom. The Hall–Kier alpha value is -3.72. The zero-order chi connectivity index (χ0) is 23.2. The lowest BCUT2D eigenvalue weighted by molar-refractivity contribution is -0.0148. The topological polar surface area (TPSA) is 101 Å². The van der Waals surface area contributed by atoms with Crippen LogP contribution in [0.1, 0.15) is 25.0 Å². The van der Waals surface area contributed by atoms with E-state index < -0.39 is 17.1 Å². The molecule has 0 saturated carbocycles. The first kappa shape index (κ1) is 21.1. The number of hydrogen-bond donors (Lipinski definition) is 1. The average Bonchev–Trinajstić information content (AvgIpc) is 3.20. The number of ether oxygens (including phenoxy) is 4. The van der Waals surface area contributed by atoms with E-state index in [4.69, 9.17) is 24.7 Å². The van der Waals surface area contributed by atoms with E-state index >= 15 is 0 Å². The number of aromatic nitrogens is 2. The van der Waals surface area contributed by atoms with E-state index in [2.05, 4.69) is 15.0 Å². The van der Waals surface area contributed by atoms with E-state index in [0.29, 0.717) is 46.2 Å². The number of hydrogen-bond acceptors (Lipinski definition) is 8. The van der Waals surface area contributed by atoms with Crippen molar-refractivity contribution in [2.24, 2.45) is 10.7 Å². The maximum Gasteiger partial charge on any atom is 0.283 e. The Morgan fingerprint density at radius 2 is 2.03 bits per heavy atom. The largest absolute Gasteiger partial charge is 0.489 e. The second kappa shape index (κ2) is 7.70. The fourth-order valence-corrected chi connectivity index (χ4v) is 3.87. The first-order valence-electron chi connectivity index (χ1n) is 10.4. The first-order valence-corrected chi connectivity index (χ1v) is 10.4. The Kier molecular flexibility index (Phi) is 4.93. The molecule has 0 fully saturated rings. The minimum atomic E-state index is -1.01. The van der Waals surface area contributed by atoms with Crippen molar-refractivity contribution in [1.29, 1.82) is 0 Å². The predicted octanol–water partition coefficient (Wildman–Crippen LogP) is 3.78. The summed E-state index contributed by atoms with van der Waals surface area (Å²) < 4.78 is 37.4. The minimum absolute atomic E-state index is 0.0543. The van der Waals surface area contributed by atoms with Crippen LogP contribution in [0.5, 0.6) is 17.4 Å². The van der Waals surface area contributed by atoms with Gasteiger partial charge in [0.1, 0.15) is 24.7 Å². The monoisotopic (exact) mass is 450 g/mol. The van der Waals surface area contributed by atoms with Gasteiger partial charge in [-0.1, -0.05) is 6.07 Å². The van der Waals surface area contributed by atoms with Gasteiger partial charge in [0.25, 0.3) is 6.02 Å². The molecule has 0 amide bonds. The van der Waals surface area contributed by atoms with E-state index in [1.54, 1.807) is 37.6 Å². The summed E-state index contributed by atoms with van der Waals surface area (Å²) in [6.45, 7) is 4.32. The SMILES string of the molecule is COC(C)(C)COc1cnc2c(c1)C1(COC(N)=N1)c1cc(-c3cccnc3F)ccc1O2. The zero-order valence-corrected chi connectivity index (χ0v) is 18.5. The normalized spacial score (nSPS) is 18.7. The maximum atomic E-state index is 14.4. The summed E-state index contributed by atoms with van der Waals surface area (Å²) in [4.78, 5) is 12.9. The standard InChI is InChI=1S/C24H23FN4O4/c1-23(2,30-3)12-31-15-10-18-21(28-11-15)33-19-7-6-14(16-5-4-8-27-20(16)25)9-17(19)24(18)13-32-22(26)29-24/h4-11H,12-13H2,1-3H3,(H2,26,29). The summed E-state index contributed by atoms with van der Waals surface area (Å²) in [5.41, 5.74) is 6.80. The summed E-state index contributed by atoms with van der Waals surface area (Å²) in [5, 5.41) is 0. The molecule has 33 heavy (non-hydrogen) atoms. The van der Waals surface area contributed by atoms with Crippen LogP contribution in [0, 0.1) is 5.95 Å². The van der Waals surface area contributed by atoms with E-state index in [1.807, 2.05) is 26.0 Å². The molecular formula is C24H23FN4O4. The highest BCUT2D eigenvalue weighted by Crippen LogP contribution is 2.51. The molecule has 1 unspecified atom stereocenters. The Balaban J connectivity index is 1.61. The molecule has 2 N–H and O–H groups in total. The smallest absolute Gasteiger partial charge is 0.283 e. The van der Waals surface area contributed by atoms with Gasteiger partial charge in [0.05, 0.1) is 17.4 Å². The molecule has 2 aromatic heterocycles. The molecule has 1 atom stereocenters. The van der Waals surface area contributed by atoms with Crippen molar-refractivity contribution < 1.29 is 23.3 Å². The number of pyridine rings is 2. The van der Waals surface area contributed by atoms with Crippen LogP contribution in [0.2, 0.25) is 0 Å². The average molecular weight is 450 g/mol. The highest BCUT2D eigenvalue weighted by molar-refractivity contribution is 5.77. The number of aliphatic imine (C=N–C) groups is 1. The third kappa shape index (κ3) is 3.64. The fraction of sp³-hybridized carbons (Fsp3) is 0.292. The molecule has 0 bridgehead atoms. The molecule has 2 aliphatic rings. The van der Waals surface area contributed by atoms with E-state index in [1.165, 1.54) is 6.20 Å². The minimum Gasteiger partial charge on any atom is -0.489 e. The van der Waals surface area contributed by atoms with Gasteiger partial charge in [-0.25, -0.2) is 15.0 Å². The van der Waals surface area contributed by atoms with Crippen LogP contribution in [0.15, 0.2) is 53.8 Å². The van der Waals surface area contributed by atoms with Gasteiger partial charge in [-0.2, -0.15) is 4.39 Å². The van der Waals surface area contributed by atoms with Crippen molar-refractivity contribution >= 4 is 6.02 Å². The summed E-state index contributed by atoms with van der Waals surface area (Å²) >= 11 is 0. The molecule has 0 saturated heterocycles. The number of methoxy groups -OCH3 is 1. The van der Waals surface area contributed by atoms with Gasteiger partial charge in [0.15, 0.2) is 5.54 Å². The van der Waals surface area contributed by atoms with Crippen LogP contribution in [0.4, 0.5) is 4.39 Å². The van der Waals surface area contributed by atoms with Gasteiger partial charge in [-0.3, -0.25) is 0 Å². The van der Waals surface area contributed by atoms with Gasteiger partial charge < -0.3 is 24.7 Å². The van der Waals surface area contributed by atoms with Crippen molar-refractivity contribution in [2.75, 3.05) is 20.3 Å². The molecule has 1 spiro atoms. The van der Waals surface area contributed by atoms with Gasteiger partial charge in [-0.15, -0.1) is 0 Å². The molecule has 0 radical (unpaired) electrons. The molecule has 9 heteroatoms. The third-order valence-electron chi connectivity index (χ3n) is 5.84. The quantitative estimate of drug-likeness (QED) is 0.590. The number of fused-ring (bicyclic) bond motifs is 4. The Bertz CT molecular complexity index is 1260. The van der Waals surface area contributed by atoms with Crippen molar-refractivity contribution in [3.63, 3.8) is 0 Å². The van der Waals surface area contributed by atoms with Crippen LogP contribution in [0.3, 0.4) is 0 Å². The predicted molar refractivity (Wildman–Crippen MR) is 119 cm³/mol. The summed E-state index contributed by atoms with van der Waals surface area (Å²) in [6.07, 6.45) is 3.00. The van der Waals surface area contributed by atoms with Crippen molar-refractivity contribution in [2.45, 2.75) is 25.0 Å². The van der Waals surface area contributed by atoms with E-state index in [-0.39, 0.29) is 12.6 Å². The second-order valence-electron chi connectivity index (χ2n) is 8.53. The molecule has 1 aromatic carbocycles.